The second kappa shape index (κ2) is 3.99. The van der Waals surface area contributed by atoms with Crippen molar-refractivity contribution in [3.05, 3.63) is 48.5 Å². The van der Waals surface area contributed by atoms with E-state index in [1.807, 2.05) is 0 Å². The average molecular weight is 217 g/mol. The van der Waals surface area contributed by atoms with Crippen LogP contribution in [0.2, 0.25) is 0 Å². The van der Waals surface area contributed by atoms with Crippen LogP contribution in [0.3, 0.4) is 0 Å². The predicted molar refractivity (Wildman–Crippen MR) is 43.9 cm³/mol. The van der Waals surface area contributed by atoms with E-state index in [9.17, 15) is 0 Å². The van der Waals surface area contributed by atoms with Crippen LogP contribution >= 0.6 is 0 Å². The summed E-state index contributed by atoms with van der Waals surface area (Å²) < 4.78 is 0. The fourth-order valence-electron chi connectivity index (χ4n) is 1.13. The molecule has 1 radical (unpaired) electrons. The zero-order chi connectivity index (χ0) is 6.81. The van der Waals surface area contributed by atoms with E-state index in [4.69, 9.17) is 0 Å². The van der Waals surface area contributed by atoms with Gasteiger partial charge in [0.25, 0.3) is 0 Å². The first kappa shape index (κ1) is 8.90. The number of hydrogen-bond acceptors (Lipinski definition) is 0. The molecular weight excluding hydrogens is 209 g/mol. The van der Waals surface area contributed by atoms with Gasteiger partial charge in [-0.2, -0.15) is 0 Å². The SMILES string of the molecule is [Y].c1ccc2ccccc2c1. The summed E-state index contributed by atoms with van der Waals surface area (Å²) in [5.74, 6) is 0. The van der Waals surface area contributed by atoms with Crippen LogP contribution in [0.25, 0.3) is 10.8 Å². The Labute approximate surface area is 91.5 Å². The molecule has 0 heterocycles. The maximum Gasteiger partial charge on any atom is 0 e. The first-order chi connectivity index (χ1) is 4.97. The molecule has 2 rings (SSSR count). The van der Waals surface area contributed by atoms with Crippen molar-refractivity contribution in [3.8, 4) is 0 Å². The Morgan fingerprint density at radius 2 is 0.818 bits per heavy atom. The topological polar surface area (TPSA) is 0 Å². The maximum absolute atomic E-state index is 2.12. The standard InChI is InChI=1S/C10H8.Y/c1-2-6-10-8-4-3-7-9(10)5-1;/h1-8H;. The summed E-state index contributed by atoms with van der Waals surface area (Å²) in [6.45, 7) is 0. The molecule has 0 aliphatic carbocycles. The van der Waals surface area contributed by atoms with E-state index in [1.165, 1.54) is 10.8 Å². The van der Waals surface area contributed by atoms with Crippen LogP contribution in [0.15, 0.2) is 48.5 Å². The molecule has 0 aromatic heterocycles. The molecule has 0 spiro atoms. The van der Waals surface area contributed by atoms with E-state index in [0.717, 1.165) is 0 Å². The molecular formula is C10H8Y. The van der Waals surface area contributed by atoms with Crippen molar-refractivity contribution in [2.45, 2.75) is 0 Å². The molecule has 0 amide bonds. The van der Waals surface area contributed by atoms with Gasteiger partial charge >= 0.3 is 0 Å². The summed E-state index contributed by atoms with van der Waals surface area (Å²) in [7, 11) is 0. The summed E-state index contributed by atoms with van der Waals surface area (Å²) in [6.07, 6.45) is 0. The molecule has 0 saturated heterocycles. The van der Waals surface area contributed by atoms with Gasteiger partial charge in [0.2, 0.25) is 0 Å². The minimum Gasteiger partial charge on any atom is -0.0616 e. The van der Waals surface area contributed by atoms with Crippen LogP contribution in [-0.4, -0.2) is 0 Å². The Bertz CT molecular complexity index is 276. The van der Waals surface area contributed by atoms with Crippen molar-refractivity contribution >= 4 is 10.8 Å². The zero-order valence-electron chi connectivity index (χ0n) is 6.20. The van der Waals surface area contributed by atoms with Crippen molar-refractivity contribution < 1.29 is 32.7 Å². The van der Waals surface area contributed by atoms with Crippen LogP contribution in [0.4, 0.5) is 0 Å². The predicted octanol–water partition coefficient (Wildman–Crippen LogP) is 2.84. The van der Waals surface area contributed by atoms with Gasteiger partial charge in [0.15, 0.2) is 0 Å². The molecule has 0 nitrogen and oxygen atoms in total. The Balaban J connectivity index is 0.000000605. The van der Waals surface area contributed by atoms with Crippen molar-refractivity contribution in [1.29, 1.82) is 0 Å². The maximum atomic E-state index is 2.12. The molecule has 2 aromatic rings. The molecule has 0 bridgehead atoms. The van der Waals surface area contributed by atoms with E-state index in [-0.39, 0.29) is 32.7 Å². The molecule has 0 aliphatic rings. The fourth-order valence-corrected chi connectivity index (χ4v) is 1.13. The number of hydrogen-bond donors (Lipinski definition) is 0. The summed E-state index contributed by atoms with van der Waals surface area (Å²) in [5, 5.41) is 2.62. The van der Waals surface area contributed by atoms with Crippen LogP contribution in [0.1, 0.15) is 0 Å². The Morgan fingerprint density at radius 3 is 1.09 bits per heavy atom. The van der Waals surface area contributed by atoms with Gasteiger partial charge in [-0.05, 0) is 10.8 Å². The molecule has 11 heavy (non-hydrogen) atoms. The second-order valence-corrected chi connectivity index (χ2v) is 2.35. The van der Waals surface area contributed by atoms with Gasteiger partial charge in [0.05, 0.1) is 0 Å². The normalized spacial score (nSPS) is 9.09. The van der Waals surface area contributed by atoms with E-state index < -0.39 is 0 Å². The van der Waals surface area contributed by atoms with Gasteiger partial charge in [-0.3, -0.25) is 0 Å². The summed E-state index contributed by atoms with van der Waals surface area (Å²) in [6, 6.07) is 16.7. The number of rotatable bonds is 0. The molecule has 1 heteroatoms. The molecule has 0 fully saturated rings. The van der Waals surface area contributed by atoms with Gasteiger partial charge in [-0.15, -0.1) is 0 Å². The fraction of sp³-hybridized carbons (Fsp3) is 0. The van der Waals surface area contributed by atoms with Crippen molar-refractivity contribution in [3.63, 3.8) is 0 Å². The molecule has 0 aliphatic heterocycles. The third-order valence-electron chi connectivity index (χ3n) is 1.66. The van der Waals surface area contributed by atoms with Crippen LogP contribution < -0.4 is 0 Å². The summed E-state index contributed by atoms with van der Waals surface area (Å²) >= 11 is 0. The Kier molecular flexibility index (Phi) is 3.23. The molecule has 0 unspecified atom stereocenters. The third-order valence-corrected chi connectivity index (χ3v) is 1.66. The Morgan fingerprint density at radius 1 is 0.545 bits per heavy atom. The first-order valence-electron chi connectivity index (χ1n) is 3.40. The molecule has 0 saturated carbocycles. The van der Waals surface area contributed by atoms with Gasteiger partial charge in [-0.25, -0.2) is 0 Å². The smallest absolute Gasteiger partial charge is 0 e. The molecule has 0 atom stereocenters. The van der Waals surface area contributed by atoms with Crippen LogP contribution in [-0.2, 0) is 32.7 Å². The third kappa shape index (κ3) is 1.88. The monoisotopic (exact) mass is 217 g/mol. The zero-order valence-corrected chi connectivity index (χ0v) is 9.03. The van der Waals surface area contributed by atoms with Gasteiger partial charge in [0, 0.05) is 32.7 Å². The van der Waals surface area contributed by atoms with E-state index in [0.29, 0.717) is 0 Å². The van der Waals surface area contributed by atoms with E-state index >= 15 is 0 Å². The van der Waals surface area contributed by atoms with Crippen LogP contribution in [0, 0.1) is 0 Å². The molecule has 2 aromatic carbocycles. The summed E-state index contributed by atoms with van der Waals surface area (Å²) in [5.41, 5.74) is 0. The van der Waals surface area contributed by atoms with Crippen molar-refractivity contribution in [2.75, 3.05) is 0 Å². The van der Waals surface area contributed by atoms with Gasteiger partial charge < -0.3 is 0 Å². The van der Waals surface area contributed by atoms with Gasteiger partial charge in [-0.1, -0.05) is 48.5 Å². The quantitative estimate of drug-likeness (QED) is 0.636. The average Bonchev–Trinajstić information content (AvgIpc) is 2.05. The largest absolute Gasteiger partial charge is 0.0616 e. The second-order valence-electron chi connectivity index (χ2n) is 2.35. The minimum absolute atomic E-state index is 0. The molecule has 0 N–H and O–H groups in total. The van der Waals surface area contributed by atoms with E-state index in [1.54, 1.807) is 0 Å². The first-order valence-corrected chi connectivity index (χ1v) is 3.40. The van der Waals surface area contributed by atoms with Gasteiger partial charge in [0.1, 0.15) is 0 Å². The Hall–Kier alpha value is -0.196. The van der Waals surface area contributed by atoms with Crippen molar-refractivity contribution in [1.82, 2.24) is 0 Å². The minimum atomic E-state index is 0. The molecule has 51 valence electrons. The number of benzene rings is 2. The summed E-state index contributed by atoms with van der Waals surface area (Å²) in [4.78, 5) is 0. The van der Waals surface area contributed by atoms with Crippen molar-refractivity contribution in [2.24, 2.45) is 0 Å². The number of fused-ring (bicyclic) bond motifs is 1. The van der Waals surface area contributed by atoms with Crippen LogP contribution in [0.5, 0.6) is 0 Å². The van der Waals surface area contributed by atoms with E-state index in [2.05, 4.69) is 48.5 Å².